The maximum absolute atomic E-state index is 10.9. The van der Waals surface area contributed by atoms with Crippen LogP contribution in [0.3, 0.4) is 0 Å². The molecule has 23 heavy (non-hydrogen) atoms. The van der Waals surface area contributed by atoms with Crippen molar-refractivity contribution in [2.45, 2.75) is 85.0 Å². The number of rotatable bonds is 13. The molecule has 0 saturated heterocycles. The van der Waals surface area contributed by atoms with Gasteiger partial charge in [0, 0.05) is 17.8 Å². The van der Waals surface area contributed by atoms with Crippen LogP contribution in [0.15, 0.2) is 12.1 Å². The topological polar surface area (TPSA) is 29.1 Å². The van der Waals surface area contributed by atoms with Crippen LogP contribution in [-0.2, 0) is 0 Å². The lowest BCUT2D eigenvalue weighted by Crippen LogP contribution is -2.04. The standard InChI is InChI=1S/C21H35NO/c1-4-5-6-7-8-9-10-11-12-13-14-22-21-16-18(2)20(17-23)15-19(21)3/h15-17,22H,4-14H2,1-3H3. The van der Waals surface area contributed by atoms with E-state index in [4.69, 9.17) is 0 Å². The van der Waals surface area contributed by atoms with Gasteiger partial charge in [0.05, 0.1) is 0 Å². The van der Waals surface area contributed by atoms with Gasteiger partial charge in [-0.15, -0.1) is 0 Å². The fourth-order valence-electron chi connectivity index (χ4n) is 2.99. The second-order valence-corrected chi connectivity index (χ2v) is 6.75. The molecule has 0 aromatic heterocycles. The molecular formula is C21H35NO. The third-order valence-corrected chi connectivity index (χ3v) is 4.59. The fraction of sp³-hybridized carbons (Fsp3) is 0.667. The minimum absolute atomic E-state index is 0.798. The molecular weight excluding hydrogens is 282 g/mol. The molecule has 1 aromatic carbocycles. The first-order valence-corrected chi connectivity index (χ1v) is 9.49. The summed E-state index contributed by atoms with van der Waals surface area (Å²) in [5, 5.41) is 3.51. The molecule has 1 rings (SSSR count). The Morgan fingerprint density at radius 2 is 1.39 bits per heavy atom. The number of aryl methyl sites for hydroxylation is 2. The number of aldehydes is 1. The van der Waals surface area contributed by atoms with E-state index in [1.165, 1.54) is 69.9 Å². The quantitative estimate of drug-likeness (QED) is 0.334. The summed E-state index contributed by atoms with van der Waals surface area (Å²) >= 11 is 0. The number of carbonyl (C=O) groups excluding carboxylic acids is 1. The first-order valence-electron chi connectivity index (χ1n) is 9.49. The van der Waals surface area contributed by atoms with Gasteiger partial charge >= 0.3 is 0 Å². The number of anilines is 1. The third-order valence-electron chi connectivity index (χ3n) is 4.59. The Balaban J connectivity index is 2.07. The number of hydrogen-bond acceptors (Lipinski definition) is 2. The van der Waals surface area contributed by atoms with Gasteiger partial charge in [-0.3, -0.25) is 4.79 Å². The lowest BCUT2D eigenvalue weighted by Gasteiger charge is -2.12. The maximum Gasteiger partial charge on any atom is 0.150 e. The summed E-state index contributed by atoms with van der Waals surface area (Å²) in [5.41, 5.74) is 4.18. The lowest BCUT2D eigenvalue weighted by molar-refractivity contribution is 0.112. The molecule has 0 spiro atoms. The monoisotopic (exact) mass is 317 g/mol. The van der Waals surface area contributed by atoms with Crippen molar-refractivity contribution in [3.63, 3.8) is 0 Å². The number of unbranched alkanes of at least 4 members (excludes halogenated alkanes) is 9. The van der Waals surface area contributed by atoms with E-state index in [-0.39, 0.29) is 0 Å². The molecule has 0 heterocycles. The molecule has 0 fully saturated rings. The first-order chi connectivity index (χ1) is 11.2. The fourth-order valence-corrected chi connectivity index (χ4v) is 2.99. The summed E-state index contributed by atoms with van der Waals surface area (Å²) < 4.78 is 0. The first kappa shape index (κ1) is 19.7. The molecule has 2 heteroatoms. The molecule has 0 bridgehead atoms. The van der Waals surface area contributed by atoms with Crippen LogP contribution >= 0.6 is 0 Å². The Bertz CT molecular complexity index is 453. The molecule has 1 aromatic rings. The summed E-state index contributed by atoms with van der Waals surface area (Å²) in [5.74, 6) is 0. The highest BCUT2D eigenvalue weighted by atomic mass is 16.1. The normalized spacial score (nSPS) is 10.7. The number of nitrogens with one attached hydrogen (secondary N) is 1. The third kappa shape index (κ3) is 8.20. The van der Waals surface area contributed by atoms with Crippen molar-refractivity contribution in [2.24, 2.45) is 0 Å². The van der Waals surface area contributed by atoms with Gasteiger partial charge in [0.1, 0.15) is 6.29 Å². The Hall–Kier alpha value is -1.31. The van der Waals surface area contributed by atoms with Gasteiger partial charge in [-0.05, 0) is 43.5 Å². The minimum atomic E-state index is 0.798. The molecule has 0 unspecified atom stereocenters. The van der Waals surface area contributed by atoms with Crippen molar-refractivity contribution >= 4 is 12.0 Å². The molecule has 0 amide bonds. The predicted molar refractivity (Wildman–Crippen MR) is 102 cm³/mol. The van der Waals surface area contributed by atoms with Crippen LogP contribution in [0.1, 0.15) is 92.6 Å². The Labute approximate surface area is 143 Å². The number of carbonyl (C=O) groups is 1. The zero-order valence-corrected chi connectivity index (χ0v) is 15.4. The van der Waals surface area contributed by atoms with Gasteiger partial charge in [-0.1, -0.05) is 64.7 Å². The van der Waals surface area contributed by atoms with E-state index in [1.54, 1.807) is 0 Å². The SMILES string of the molecule is CCCCCCCCCCCCNc1cc(C)c(C=O)cc1C. The molecule has 0 atom stereocenters. The van der Waals surface area contributed by atoms with Gasteiger partial charge in [0.25, 0.3) is 0 Å². The second kappa shape index (κ2) is 12.2. The van der Waals surface area contributed by atoms with Crippen molar-refractivity contribution in [1.29, 1.82) is 0 Å². The van der Waals surface area contributed by atoms with Gasteiger partial charge in [-0.2, -0.15) is 0 Å². The van der Waals surface area contributed by atoms with E-state index in [2.05, 4.69) is 25.2 Å². The summed E-state index contributed by atoms with van der Waals surface area (Å²) in [6.45, 7) is 7.35. The molecule has 1 N–H and O–H groups in total. The zero-order chi connectivity index (χ0) is 16.9. The molecule has 0 aliphatic heterocycles. The summed E-state index contributed by atoms with van der Waals surface area (Å²) in [7, 11) is 0. The Kier molecular flexibility index (Phi) is 10.4. The highest BCUT2D eigenvalue weighted by Crippen LogP contribution is 2.20. The number of hydrogen-bond donors (Lipinski definition) is 1. The van der Waals surface area contributed by atoms with Crippen LogP contribution in [0.5, 0.6) is 0 Å². The smallest absolute Gasteiger partial charge is 0.150 e. The molecule has 0 aliphatic carbocycles. The average molecular weight is 318 g/mol. The van der Waals surface area contributed by atoms with Crippen LogP contribution in [0.4, 0.5) is 5.69 Å². The van der Waals surface area contributed by atoms with Gasteiger partial charge in [0.15, 0.2) is 0 Å². The highest BCUT2D eigenvalue weighted by molar-refractivity contribution is 5.79. The van der Waals surface area contributed by atoms with E-state index in [1.807, 2.05) is 13.0 Å². The predicted octanol–water partition coefficient (Wildman–Crippen LogP) is 6.45. The van der Waals surface area contributed by atoms with Crippen LogP contribution in [-0.4, -0.2) is 12.8 Å². The van der Waals surface area contributed by atoms with E-state index < -0.39 is 0 Å². The van der Waals surface area contributed by atoms with Crippen molar-refractivity contribution in [3.05, 3.63) is 28.8 Å². The van der Waals surface area contributed by atoms with Crippen molar-refractivity contribution in [3.8, 4) is 0 Å². The molecule has 2 nitrogen and oxygen atoms in total. The van der Waals surface area contributed by atoms with E-state index in [9.17, 15) is 4.79 Å². The minimum Gasteiger partial charge on any atom is -0.385 e. The van der Waals surface area contributed by atoms with E-state index in [0.717, 1.165) is 29.5 Å². The highest BCUT2D eigenvalue weighted by Gasteiger charge is 2.03. The summed E-state index contributed by atoms with van der Waals surface area (Å²) in [6.07, 6.45) is 14.6. The Morgan fingerprint density at radius 3 is 1.96 bits per heavy atom. The lowest BCUT2D eigenvalue weighted by atomic mass is 10.0. The summed E-state index contributed by atoms with van der Waals surface area (Å²) in [6, 6.07) is 4.07. The van der Waals surface area contributed by atoms with Crippen molar-refractivity contribution in [1.82, 2.24) is 0 Å². The van der Waals surface area contributed by atoms with Gasteiger partial charge < -0.3 is 5.32 Å². The average Bonchev–Trinajstić information content (AvgIpc) is 2.55. The molecule has 130 valence electrons. The van der Waals surface area contributed by atoms with E-state index in [0.29, 0.717) is 0 Å². The van der Waals surface area contributed by atoms with Gasteiger partial charge in [-0.25, -0.2) is 0 Å². The van der Waals surface area contributed by atoms with Gasteiger partial charge in [0.2, 0.25) is 0 Å². The van der Waals surface area contributed by atoms with Crippen LogP contribution in [0.25, 0.3) is 0 Å². The second-order valence-electron chi connectivity index (χ2n) is 6.75. The zero-order valence-electron chi connectivity index (χ0n) is 15.4. The molecule has 0 aliphatic rings. The van der Waals surface area contributed by atoms with Crippen LogP contribution < -0.4 is 5.32 Å². The van der Waals surface area contributed by atoms with Crippen LogP contribution in [0.2, 0.25) is 0 Å². The van der Waals surface area contributed by atoms with Crippen molar-refractivity contribution in [2.75, 3.05) is 11.9 Å². The van der Waals surface area contributed by atoms with Crippen LogP contribution in [0, 0.1) is 13.8 Å². The van der Waals surface area contributed by atoms with E-state index >= 15 is 0 Å². The van der Waals surface area contributed by atoms with Crippen molar-refractivity contribution < 1.29 is 4.79 Å². The largest absolute Gasteiger partial charge is 0.385 e. The number of benzene rings is 1. The molecule has 0 saturated carbocycles. The molecule has 0 radical (unpaired) electrons. The maximum atomic E-state index is 10.9. The Morgan fingerprint density at radius 1 is 0.826 bits per heavy atom. The summed E-state index contributed by atoms with van der Waals surface area (Å²) in [4.78, 5) is 10.9.